The Kier molecular flexibility index (Phi) is 2.60. The number of fused-ring (bicyclic) bond motifs is 1. The number of alkyl halides is 3. The van der Waals surface area contributed by atoms with Crippen molar-refractivity contribution in [2.24, 2.45) is 0 Å². The lowest BCUT2D eigenvalue weighted by Crippen LogP contribution is -2.04. The molecule has 7 heteroatoms. The van der Waals surface area contributed by atoms with Crippen molar-refractivity contribution in [1.29, 1.82) is 0 Å². The fourth-order valence-corrected chi connectivity index (χ4v) is 2.93. The van der Waals surface area contributed by atoms with Gasteiger partial charge in [0, 0.05) is 0 Å². The molecule has 0 N–H and O–H groups in total. The van der Waals surface area contributed by atoms with E-state index in [0.29, 0.717) is 10.5 Å². The van der Waals surface area contributed by atoms with Crippen molar-refractivity contribution in [3.8, 4) is 10.4 Å². The molecule has 3 nitrogen and oxygen atoms in total. The zero-order chi connectivity index (χ0) is 13.6. The molecule has 0 aliphatic heterocycles. The Hall–Kier alpha value is -1.89. The molecule has 2 aromatic heterocycles. The van der Waals surface area contributed by atoms with Gasteiger partial charge in [0.1, 0.15) is 6.33 Å². The lowest BCUT2D eigenvalue weighted by Gasteiger charge is -2.08. The largest absolute Gasteiger partial charge is 0.416 e. The minimum atomic E-state index is -4.33. The maximum absolute atomic E-state index is 12.7. The predicted molar refractivity (Wildman–Crippen MR) is 66.0 cm³/mol. The molecule has 0 atom stereocenters. The Morgan fingerprint density at radius 3 is 2.74 bits per heavy atom. The van der Waals surface area contributed by atoms with Crippen LogP contribution in [0.3, 0.4) is 0 Å². The van der Waals surface area contributed by atoms with Crippen LogP contribution in [0.5, 0.6) is 0 Å². The highest BCUT2D eigenvalue weighted by atomic mass is 32.1. The average molecular weight is 283 g/mol. The molecule has 0 bridgehead atoms. The first-order valence-electron chi connectivity index (χ1n) is 5.43. The van der Waals surface area contributed by atoms with Crippen LogP contribution in [0.15, 0.2) is 30.6 Å². The summed E-state index contributed by atoms with van der Waals surface area (Å²) in [6, 6.07) is 5.29. The third-order valence-electron chi connectivity index (χ3n) is 2.81. The SMILES string of the molecule is Cc1c(-c2cccc(C(F)(F)F)c2)sc2ncnn12. The second-order valence-corrected chi connectivity index (χ2v) is 5.03. The first kappa shape index (κ1) is 12.2. The number of thiazole rings is 1. The average Bonchev–Trinajstić information content (AvgIpc) is 2.92. The van der Waals surface area contributed by atoms with Gasteiger partial charge >= 0.3 is 6.18 Å². The molecule has 3 rings (SSSR count). The zero-order valence-corrected chi connectivity index (χ0v) is 10.6. The van der Waals surface area contributed by atoms with Gasteiger partial charge in [-0.15, -0.1) is 0 Å². The maximum atomic E-state index is 12.7. The van der Waals surface area contributed by atoms with Gasteiger partial charge in [0.05, 0.1) is 16.1 Å². The highest BCUT2D eigenvalue weighted by molar-refractivity contribution is 7.20. The van der Waals surface area contributed by atoms with E-state index in [4.69, 9.17) is 0 Å². The summed E-state index contributed by atoms with van der Waals surface area (Å²) in [4.78, 5) is 5.47. The van der Waals surface area contributed by atoms with Gasteiger partial charge in [-0.3, -0.25) is 0 Å². The number of hydrogen-bond donors (Lipinski definition) is 0. The first-order valence-corrected chi connectivity index (χ1v) is 6.25. The summed E-state index contributed by atoms with van der Waals surface area (Å²) in [5.41, 5.74) is 0.671. The molecular formula is C12H8F3N3S. The van der Waals surface area contributed by atoms with E-state index in [1.54, 1.807) is 10.6 Å². The quantitative estimate of drug-likeness (QED) is 0.680. The molecular weight excluding hydrogens is 275 g/mol. The van der Waals surface area contributed by atoms with E-state index < -0.39 is 11.7 Å². The summed E-state index contributed by atoms with van der Waals surface area (Å²) >= 11 is 1.32. The summed E-state index contributed by atoms with van der Waals surface area (Å²) in [6.45, 7) is 1.81. The minimum Gasteiger partial charge on any atom is -0.208 e. The molecule has 0 aliphatic rings. The number of hydrogen-bond acceptors (Lipinski definition) is 3. The van der Waals surface area contributed by atoms with E-state index in [2.05, 4.69) is 10.1 Å². The number of halogens is 3. The van der Waals surface area contributed by atoms with E-state index in [0.717, 1.165) is 22.7 Å². The zero-order valence-electron chi connectivity index (χ0n) is 9.77. The van der Waals surface area contributed by atoms with Crippen LogP contribution in [0, 0.1) is 6.92 Å². The Bertz CT molecular complexity index is 742. The minimum absolute atomic E-state index is 0.532. The third-order valence-corrected chi connectivity index (χ3v) is 4.00. The van der Waals surface area contributed by atoms with Gasteiger partial charge < -0.3 is 0 Å². The number of aryl methyl sites for hydroxylation is 1. The van der Waals surface area contributed by atoms with Crippen LogP contribution in [-0.4, -0.2) is 14.6 Å². The van der Waals surface area contributed by atoms with Crippen LogP contribution in [0.2, 0.25) is 0 Å². The van der Waals surface area contributed by atoms with Crippen LogP contribution in [0.1, 0.15) is 11.3 Å². The molecule has 0 fully saturated rings. The summed E-state index contributed by atoms with van der Waals surface area (Å²) in [5.74, 6) is 0. The number of rotatable bonds is 1. The molecule has 0 aliphatic carbocycles. The molecule has 0 radical (unpaired) electrons. The number of aromatic nitrogens is 3. The van der Waals surface area contributed by atoms with Crippen molar-refractivity contribution in [2.75, 3.05) is 0 Å². The van der Waals surface area contributed by atoms with E-state index >= 15 is 0 Å². The Balaban J connectivity index is 2.16. The molecule has 0 amide bonds. The number of benzene rings is 1. The van der Waals surface area contributed by atoms with Gasteiger partial charge in [-0.1, -0.05) is 23.5 Å². The monoisotopic (exact) mass is 283 g/mol. The lowest BCUT2D eigenvalue weighted by atomic mass is 10.1. The van der Waals surface area contributed by atoms with Gasteiger partial charge in [-0.2, -0.15) is 18.3 Å². The van der Waals surface area contributed by atoms with Crippen molar-refractivity contribution < 1.29 is 13.2 Å². The fourth-order valence-electron chi connectivity index (χ4n) is 1.90. The summed E-state index contributed by atoms with van der Waals surface area (Å²) < 4.78 is 39.7. The van der Waals surface area contributed by atoms with Crippen molar-refractivity contribution in [3.63, 3.8) is 0 Å². The fraction of sp³-hybridized carbons (Fsp3) is 0.167. The van der Waals surface area contributed by atoms with Crippen molar-refractivity contribution in [1.82, 2.24) is 14.6 Å². The molecule has 1 aromatic carbocycles. The molecule has 2 heterocycles. The normalized spacial score (nSPS) is 12.2. The van der Waals surface area contributed by atoms with Gasteiger partial charge in [-0.25, -0.2) is 9.50 Å². The van der Waals surface area contributed by atoms with Gasteiger partial charge in [-0.05, 0) is 24.6 Å². The van der Waals surface area contributed by atoms with Gasteiger partial charge in [0.2, 0.25) is 4.96 Å². The van der Waals surface area contributed by atoms with E-state index in [-0.39, 0.29) is 0 Å². The second-order valence-electron chi connectivity index (χ2n) is 4.05. The van der Waals surface area contributed by atoms with Crippen LogP contribution in [0.4, 0.5) is 13.2 Å². The summed E-state index contributed by atoms with van der Waals surface area (Å²) in [6.07, 6.45) is -2.91. The molecule has 0 unspecified atom stereocenters. The standard InChI is InChI=1S/C12H8F3N3S/c1-7-10(19-11-16-6-17-18(7)11)8-3-2-4-9(5-8)12(13,14)15/h2-6H,1H3. The van der Waals surface area contributed by atoms with E-state index in [1.807, 2.05) is 6.92 Å². The maximum Gasteiger partial charge on any atom is 0.416 e. The molecule has 0 saturated carbocycles. The Morgan fingerprint density at radius 2 is 2.05 bits per heavy atom. The van der Waals surface area contributed by atoms with Crippen LogP contribution >= 0.6 is 11.3 Å². The van der Waals surface area contributed by atoms with E-state index in [1.165, 1.54) is 23.7 Å². The first-order chi connectivity index (χ1) is 8.97. The van der Waals surface area contributed by atoms with Crippen molar-refractivity contribution in [2.45, 2.75) is 13.1 Å². The van der Waals surface area contributed by atoms with Crippen LogP contribution < -0.4 is 0 Å². The number of nitrogens with zero attached hydrogens (tertiary/aromatic N) is 3. The summed E-state index contributed by atoms with van der Waals surface area (Å²) in [5, 5.41) is 4.03. The molecule has 3 aromatic rings. The Labute approximate surface area is 110 Å². The van der Waals surface area contributed by atoms with Crippen LogP contribution in [-0.2, 0) is 6.18 Å². The second kappa shape index (κ2) is 4.06. The van der Waals surface area contributed by atoms with Crippen molar-refractivity contribution >= 4 is 16.3 Å². The van der Waals surface area contributed by atoms with E-state index in [9.17, 15) is 13.2 Å². The lowest BCUT2D eigenvalue weighted by molar-refractivity contribution is -0.137. The topological polar surface area (TPSA) is 30.2 Å². The highest BCUT2D eigenvalue weighted by Crippen LogP contribution is 2.35. The van der Waals surface area contributed by atoms with Gasteiger partial charge in [0.25, 0.3) is 0 Å². The van der Waals surface area contributed by atoms with Crippen LogP contribution in [0.25, 0.3) is 15.4 Å². The smallest absolute Gasteiger partial charge is 0.208 e. The molecule has 0 spiro atoms. The molecule has 0 saturated heterocycles. The summed E-state index contributed by atoms with van der Waals surface area (Å²) in [7, 11) is 0. The predicted octanol–water partition coefficient (Wildman–Crippen LogP) is 3.79. The van der Waals surface area contributed by atoms with Gasteiger partial charge in [0.15, 0.2) is 0 Å². The third kappa shape index (κ3) is 1.99. The Morgan fingerprint density at radius 1 is 1.26 bits per heavy atom. The van der Waals surface area contributed by atoms with Crippen molar-refractivity contribution in [3.05, 3.63) is 41.9 Å². The highest BCUT2D eigenvalue weighted by Gasteiger charge is 2.30. The molecule has 98 valence electrons. The molecule has 19 heavy (non-hydrogen) atoms.